The number of carbonyl (C=O) groups excluding carboxylic acids is 3. The van der Waals surface area contributed by atoms with E-state index in [1.807, 2.05) is 30.3 Å². The van der Waals surface area contributed by atoms with Gasteiger partial charge in [-0.15, -0.1) is 0 Å². The van der Waals surface area contributed by atoms with Crippen molar-refractivity contribution in [2.75, 3.05) is 5.32 Å². The molecule has 3 N–H and O–H groups in total. The SMILES string of the molecule is CC(=O)NCc1cccc(-c2cc(NC3CC3)n3ncc(/C=C4\CC(=O)NC4=O)c3n2)c1. The maximum absolute atomic E-state index is 12.0. The Balaban J connectivity index is 1.58. The molecule has 0 atom stereocenters. The van der Waals surface area contributed by atoms with Gasteiger partial charge in [-0.05, 0) is 30.5 Å². The molecular formula is C23H22N6O3. The van der Waals surface area contributed by atoms with Crippen LogP contribution in [0.25, 0.3) is 23.0 Å². The van der Waals surface area contributed by atoms with E-state index < -0.39 is 0 Å². The van der Waals surface area contributed by atoms with Crippen molar-refractivity contribution in [3.8, 4) is 11.3 Å². The van der Waals surface area contributed by atoms with E-state index in [1.54, 1.807) is 16.8 Å². The number of hydrogen-bond acceptors (Lipinski definition) is 6. The van der Waals surface area contributed by atoms with Crippen LogP contribution in [0.3, 0.4) is 0 Å². The van der Waals surface area contributed by atoms with Gasteiger partial charge >= 0.3 is 0 Å². The zero-order valence-electron chi connectivity index (χ0n) is 17.5. The molecule has 1 aliphatic heterocycles. The summed E-state index contributed by atoms with van der Waals surface area (Å²) in [6.07, 6.45) is 5.58. The van der Waals surface area contributed by atoms with Gasteiger partial charge in [-0.25, -0.2) is 4.98 Å². The smallest absolute Gasteiger partial charge is 0.254 e. The number of benzene rings is 1. The van der Waals surface area contributed by atoms with Crippen molar-refractivity contribution in [2.45, 2.75) is 38.8 Å². The Morgan fingerprint density at radius 2 is 2.12 bits per heavy atom. The van der Waals surface area contributed by atoms with Crippen LogP contribution in [0.4, 0.5) is 5.82 Å². The first-order chi connectivity index (χ1) is 15.5. The summed E-state index contributed by atoms with van der Waals surface area (Å²) in [5.41, 5.74) is 4.27. The van der Waals surface area contributed by atoms with Gasteiger partial charge in [0, 0.05) is 42.3 Å². The Bertz CT molecular complexity index is 1290. The Morgan fingerprint density at radius 1 is 1.28 bits per heavy atom. The number of aromatic nitrogens is 3. The summed E-state index contributed by atoms with van der Waals surface area (Å²) in [5, 5.41) is 13.1. The molecule has 3 aromatic rings. The molecule has 9 nitrogen and oxygen atoms in total. The summed E-state index contributed by atoms with van der Waals surface area (Å²) >= 11 is 0. The largest absolute Gasteiger partial charge is 0.367 e. The van der Waals surface area contributed by atoms with Crippen molar-refractivity contribution in [2.24, 2.45) is 0 Å². The highest BCUT2D eigenvalue weighted by Gasteiger charge is 2.26. The highest BCUT2D eigenvalue weighted by atomic mass is 16.2. The minimum atomic E-state index is -0.382. The second-order valence-corrected chi connectivity index (χ2v) is 8.11. The molecule has 0 unspecified atom stereocenters. The third-order valence-electron chi connectivity index (χ3n) is 5.42. The van der Waals surface area contributed by atoms with E-state index in [9.17, 15) is 14.4 Å². The number of amides is 3. The van der Waals surface area contributed by atoms with Crippen molar-refractivity contribution < 1.29 is 14.4 Å². The van der Waals surface area contributed by atoms with E-state index in [0.717, 1.165) is 35.5 Å². The minimum Gasteiger partial charge on any atom is -0.367 e. The third-order valence-corrected chi connectivity index (χ3v) is 5.42. The normalized spacial score (nSPS) is 17.1. The molecule has 1 saturated heterocycles. The maximum atomic E-state index is 12.0. The van der Waals surface area contributed by atoms with Crippen LogP contribution in [0, 0.1) is 0 Å². The summed E-state index contributed by atoms with van der Waals surface area (Å²) in [6, 6.07) is 10.2. The number of nitrogens with one attached hydrogen (secondary N) is 3. The van der Waals surface area contributed by atoms with Crippen molar-refractivity contribution in [3.05, 3.63) is 53.2 Å². The lowest BCUT2D eigenvalue weighted by molar-refractivity contribution is -0.124. The molecule has 3 amide bonds. The second-order valence-electron chi connectivity index (χ2n) is 8.11. The lowest BCUT2D eigenvalue weighted by atomic mass is 10.1. The molecule has 162 valence electrons. The number of fused-ring (bicyclic) bond motifs is 1. The Hall–Kier alpha value is -4.01. The first kappa shape index (κ1) is 19.9. The fourth-order valence-corrected chi connectivity index (χ4v) is 3.64. The first-order valence-electron chi connectivity index (χ1n) is 10.5. The van der Waals surface area contributed by atoms with Crippen LogP contribution in [0.2, 0.25) is 0 Å². The lowest BCUT2D eigenvalue weighted by Crippen LogP contribution is -2.19. The molecule has 2 aliphatic rings. The monoisotopic (exact) mass is 430 g/mol. The number of rotatable bonds is 6. The molecule has 3 heterocycles. The molecule has 1 aliphatic carbocycles. The van der Waals surface area contributed by atoms with Crippen LogP contribution >= 0.6 is 0 Å². The minimum absolute atomic E-state index is 0.0498. The summed E-state index contributed by atoms with van der Waals surface area (Å²) in [5.74, 6) is 0.0413. The summed E-state index contributed by atoms with van der Waals surface area (Å²) in [4.78, 5) is 39.7. The number of imide groups is 1. The van der Waals surface area contributed by atoms with E-state index in [0.29, 0.717) is 29.4 Å². The van der Waals surface area contributed by atoms with Gasteiger partial charge < -0.3 is 10.6 Å². The highest BCUT2D eigenvalue weighted by Crippen LogP contribution is 2.30. The molecule has 1 aromatic carbocycles. The van der Waals surface area contributed by atoms with Crippen molar-refractivity contribution >= 4 is 35.3 Å². The van der Waals surface area contributed by atoms with Crippen LogP contribution in [0.1, 0.15) is 37.3 Å². The Labute approximate surface area is 183 Å². The fraction of sp³-hybridized carbons (Fsp3) is 0.261. The summed E-state index contributed by atoms with van der Waals surface area (Å²) in [6.45, 7) is 1.93. The van der Waals surface area contributed by atoms with Gasteiger partial charge in [-0.1, -0.05) is 18.2 Å². The Kier molecular flexibility index (Phi) is 4.93. The average molecular weight is 430 g/mol. The maximum Gasteiger partial charge on any atom is 0.254 e. The molecule has 0 spiro atoms. The molecule has 9 heteroatoms. The number of anilines is 1. The molecular weight excluding hydrogens is 408 g/mol. The average Bonchev–Trinajstić information content (AvgIpc) is 3.40. The van der Waals surface area contributed by atoms with Crippen molar-refractivity contribution in [3.63, 3.8) is 0 Å². The van der Waals surface area contributed by atoms with E-state index >= 15 is 0 Å². The van der Waals surface area contributed by atoms with E-state index in [4.69, 9.17) is 4.98 Å². The Morgan fingerprint density at radius 3 is 2.84 bits per heavy atom. The van der Waals surface area contributed by atoms with Gasteiger partial charge in [0.05, 0.1) is 18.3 Å². The third kappa shape index (κ3) is 4.09. The van der Waals surface area contributed by atoms with Gasteiger partial charge in [0.1, 0.15) is 5.82 Å². The van der Waals surface area contributed by atoms with Gasteiger partial charge in [-0.3, -0.25) is 19.7 Å². The quantitative estimate of drug-likeness (QED) is 0.407. The first-order valence-corrected chi connectivity index (χ1v) is 10.5. The van der Waals surface area contributed by atoms with Crippen LogP contribution < -0.4 is 16.0 Å². The van der Waals surface area contributed by atoms with Crippen LogP contribution in [-0.2, 0) is 20.9 Å². The zero-order chi connectivity index (χ0) is 22.2. The number of carbonyl (C=O) groups is 3. The summed E-state index contributed by atoms with van der Waals surface area (Å²) < 4.78 is 1.73. The van der Waals surface area contributed by atoms with Crippen molar-refractivity contribution in [1.29, 1.82) is 0 Å². The van der Waals surface area contributed by atoms with E-state index in [-0.39, 0.29) is 24.1 Å². The van der Waals surface area contributed by atoms with Crippen LogP contribution in [0.5, 0.6) is 0 Å². The summed E-state index contributed by atoms with van der Waals surface area (Å²) in [7, 11) is 0. The standard InChI is InChI=1S/C23H22N6O3/c1-13(30)24-11-14-3-2-4-15(7-14)19-10-20(26-18-5-6-18)29-22(27-19)17(12-25-29)8-16-9-21(31)28-23(16)32/h2-4,7-8,10,12,18,26H,5-6,9,11H2,1H3,(H,24,30)(H,28,31,32)/b16-8+. The number of hydrogen-bond donors (Lipinski definition) is 3. The van der Waals surface area contributed by atoms with Crippen LogP contribution in [-0.4, -0.2) is 38.4 Å². The molecule has 32 heavy (non-hydrogen) atoms. The van der Waals surface area contributed by atoms with Gasteiger partial charge in [-0.2, -0.15) is 9.61 Å². The predicted molar refractivity (Wildman–Crippen MR) is 118 cm³/mol. The molecule has 0 radical (unpaired) electrons. The molecule has 1 saturated carbocycles. The van der Waals surface area contributed by atoms with Crippen molar-refractivity contribution in [1.82, 2.24) is 25.2 Å². The zero-order valence-corrected chi connectivity index (χ0v) is 17.5. The molecule has 5 rings (SSSR count). The molecule has 0 bridgehead atoms. The molecule has 2 fully saturated rings. The predicted octanol–water partition coefficient (Wildman–Crippen LogP) is 2.04. The highest BCUT2D eigenvalue weighted by molar-refractivity contribution is 6.15. The molecule has 2 aromatic heterocycles. The second kappa shape index (κ2) is 7.92. The van der Waals surface area contributed by atoms with Gasteiger partial charge in [0.2, 0.25) is 11.8 Å². The van der Waals surface area contributed by atoms with E-state index in [1.165, 1.54) is 6.92 Å². The fourth-order valence-electron chi connectivity index (χ4n) is 3.64. The lowest BCUT2D eigenvalue weighted by Gasteiger charge is -2.11. The topological polar surface area (TPSA) is 117 Å². The van der Waals surface area contributed by atoms with Gasteiger partial charge in [0.25, 0.3) is 5.91 Å². The number of nitrogens with zero attached hydrogens (tertiary/aromatic N) is 3. The van der Waals surface area contributed by atoms with E-state index in [2.05, 4.69) is 21.0 Å². The van der Waals surface area contributed by atoms with Gasteiger partial charge in [0.15, 0.2) is 5.65 Å². The van der Waals surface area contributed by atoms with Crippen LogP contribution in [0.15, 0.2) is 42.1 Å².